The van der Waals surface area contributed by atoms with Crippen LogP contribution in [0, 0.1) is 0 Å². The molecule has 3 nitrogen and oxygen atoms in total. The predicted octanol–water partition coefficient (Wildman–Crippen LogP) is 3.49. The van der Waals surface area contributed by atoms with Crippen LogP contribution >= 0.6 is 11.8 Å². The van der Waals surface area contributed by atoms with Gasteiger partial charge in [0.05, 0.1) is 17.8 Å². The molecule has 0 radical (unpaired) electrons. The number of carbonyl (C=O) groups is 1. The van der Waals surface area contributed by atoms with Crippen LogP contribution in [0.25, 0.3) is 0 Å². The number of nitrogens with zero attached hydrogens (tertiary/aromatic N) is 1. The normalized spacial score (nSPS) is 17.2. The summed E-state index contributed by atoms with van der Waals surface area (Å²) in [5.41, 5.74) is 2.34. The van der Waals surface area contributed by atoms with Gasteiger partial charge in [0.2, 0.25) is 5.91 Å². The molecule has 0 saturated carbocycles. The fourth-order valence-corrected chi connectivity index (χ4v) is 3.43. The summed E-state index contributed by atoms with van der Waals surface area (Å²) in [6.45, 7) is 2.11. The van der Waals surface area contributed by atoms with Gasteiger partial charge in [0.25, 0.3) is 0 Å². The number of rotatable bonds is 4. The lowest BCUT2D eigenvalue weighted by molar-refractivity contribution is -0.116. The molecule has 0 fully saturated rings. The van der Waals surface area contributed by atoms with E-state index in [4.69, 9.17) is 4.42 Å². The summed E-state index contributed by atoms with van der Waals surface area (Å²) in [5, 5.41) is 0. The summed E-state index contributed by atoms with van der Waals surface area (Å²) in [6, 6.07) is 12.2. The highest BCUT2D eigenvalue weighted by atomic mass is 32.2. The van der Waals surface area contributed by atoms with Gasteiger partial charge in [0.1, 0.15) is 5.76 Å². The first-order valence-electron chi connectivity index (χ1n) is 6.76. The van der Waals surface area contributed by atoms with Crippen LogP contribution in [0.15, 0.2) is 47.1 Å². The average molecular weight is 287 g/mol. The molecule has 1 aliphatic heterocycles. The summed E-state index contributed by atoms with van der Waals surface area (Å²) in [7, 11) is 0. The van der Waals surface area contributed by atoms with Crippen molar-refractivity contribution >= 4 is 23.4 Å². The first-order valence-corrected chi connectivity index (χ1v) is 7.91. The van der Waals surface area contributed by atoms with Crippen molar-refractivity contribution in [2.75, 3.05) is 10.7 Å². The maximum absolute atomic E-state index is 12.4. The zero-order valence-corrected chi connectivity index (χ0v) is 12.2. The largest absolute Gasteiger partial charge is 0.468 e. The monoisotopic (exact) mass is 287 g/mol. The summed E-state index contributed by atoms with van der Waals surface area (Å²) in [5.74, 6) is 2.32. The molecule has 1 unspecified atom stereocenters. The Hall–Kier alpha value is -1.68. The Kier molecular flexibility index (Phi) is 3.83. The van der Waals surface area contributed by atoms with Crippen LogP contribution in [-0.4, -0.2) is 17.7 Å². The van der Waals surface area contributed by atoms with E-state index in [1.807, 2.05) is 35.2 Å². The van der Waals surface area contributed by atoms with Gasteiger partial charge in [0, 0.05) is 11.7 Å². The van der Waals surface area contributed by atoms with E-state index in [0.717, 1.165) is 23.6 Å². The van der Waals surface area contributed by atoms with E-state index in [2.05, 4.69) is 13.0 Å². The molecule has 1 aromatic carbocycles. The Morgan fingerprint density at radius 2 is 2.20 bits per heavy atom. The Bertz CT molecular complexity index is 594. The number of amides is 1. The minimum atomic E-state index is 0.180. The second kappa shape index (κ2) is 5.75. The van der Waals surface area contributed by atoms with Gasteiger partial charge in [-0.1, -0.05) is 18.2 Å². The molecule has 0 bridgehead atoms. The smallest absolute Gasteiger partial charge is 0.237 e. The molecule has 0 aliphatic carbocycles. The molecule has 0 spiro atoms. The first-order chi connectivity index (χ1) is 9.75. The molecule has 0 saturated heterocycles. The van der Waals surface area contributed by atoms with Crippen LogP contribution in [0.3, 0.4) is 0 Å². The molecule has 20 heavy (non-hydrogen) atoms. The summed E-state index contributed by atoms with van der Waals surface area (Å²) < 4.78 is 5.27. The number of para-hydroxylation sites is 1. The number of anilines is 1. The highest BCUT2D eigenvalue weighted by Gasteiger charge is 2.30. The molecule has 104 valence electrons. The van der Waals surface area contributed by atoms with Crippen LogP contribution in [-0.2, 0) is 17.0 Å². The second-order valence-corrected chi connectivity index (χ2v) is 6.00. The lowest BCUT2D eigenvalue weighted by Gasteiger charge is -2.22. The molecule has 1 atom stereocenters. The molecular weight excluding hydrogens is 270 g/mol. The molecule has 0 N–H and O–H groups in total. The van der Waals surface area contributed by atoms with Gasteiger partial charge in [-0.2, -0.15) is 0 Å². The fraction of sp³-hybridized carbons (Fsp3) is 0.312. The third kappa shape index (κ3) is 2.61. The highest BCUT2D eigenvalue weighted by Crippen LogP contribution is 2.32. The van der Waals surface area contributed by atoms with Crippen molar-refractivity contribution in [1.29, 1.82) is 0 Å². The Labute approximate surface area is 123 Å². The Balaban J connectivity index is 1.62. The quantitative estimate of drug-likeness (QED) is 0.863. The van der Waals surface area contributed by atoms with Gasteiger partial charge < -0.3 is 9.32 Å². The molecule has 3 rings (SSSR count). The van der Waals surface area contributed by atoms with Crippen molar-refractivity contribution in [1.82, 2.24) is 0 Å². The van der Waals surface area contributed by atoms with Crippen LogP contribution in [0.5, 0.6) is 0 Å². The standard InChI is InChI=1S/C16H17NO2S/c1-12-9-13-5-2-3-7-15(13)17(12)16(18)11-20-10-14-6-4-8-19-14/h2-8,12H,9-11H2,1H3. The molecule has 1 aliphatic rings. The molecule has 2 heterocycles. The Morgan fingerprint density at radius 3 is 3.00 bits per heavy atom. The van der Waals surface area contributed by atoms with E-state index >= 15 is 0 Å². The van der Waals surface area contributed by atoms with Gasteiger partial charge >= 0.3 is 0 Å². The molecule has 1 aromatic heterocycles. The highest BCUT2D eigenvalue weighted by molar-refractivity contribution is 7.99. The molecule has 1 amide bonds. The third-order valence-electron chi connectivity index (χ3n) is 3.53. The fourth-order valence-electron chi connectivity index (χ4n) is 2.65. The first kappa shape index (κ1) is 13.3. The number of thioether (sulfide) groups is 1. The Morgan fingerprint density at radius 1 is 1.35 bits per heavy atom. The lowest BCUT2D eigenvalue weighted by Crippen LogP contribution is -2.37. The maximum Gasteiger partial charge on any atom is 0.237 e. The number of hydrogen-bond donors (Lipinski definition) is 0. The number of benzene rings is 1. The van der Waals surface area contributed by atoms with Crippen molar-refractivity contribution in [3.8, 4) is 0 Å². The van der Waals surface area contributed by atoms with E-state index in [9.17, 15) is 4.79 Å². The lowest BCUT2D eigenvalue weighted by atomic mass is 10.1. The molecular formula is C16H17NO2S. The summed E-state index contributed by atoms with van der Waals surface area (Å²) in [6.07, 6.45) is 2.61. The second-order valence-electron chi connectivity index (χ2n) is 5.02. The summed E-state index contributed by atoms with van der Waals surface area (Å²) >= 11 is 1.60. The van der Waals surface area contributed by atoms with Crippen LogP contribution in [0.2, 0.25) is 0 Å². The molecule has 2 aromatic rings. The zero-order valence-electron chi connectivity index (χ0n) is 11.4. The average Bonchev–Trinajstić information content (AvgIpc) is 3.04. The van der Waals surface area contributed by atoms with E-state index < -0.39 is 0 Å². The van der Waals surface area contributed by atoms with E-state index in [0.29, 0.717) is 5.75 Å². The van der Waals surface area contributed by atoms with Crippen molar-refractivity contribution in [2.45, 2.75) is 25.1 Å². The van der Waals surface area contributed by atoms with Crippen molar-refractivity contribution in [2.24, 2.45) is 0 Å². The van der Waals surface area contributed by atoms with Crippen molar-refractivity contribution < 1.29 is 9.21 Å². The van der Waals surface area contributed by atoms with E-state index in [1.54, 1.807) is 18.0 Å². The van der Waals surface area contributed by atoms with E-state index in [1.165, 1.54) is 5.56 Å². The van der Waals surface area contributed by atoms with E-state index in [-0.39, 0.29) is 11.9 Å². The van der Waals surface area contributed by atoms with Gasteiger partial charge in [-0.15, -0.1) is 11.8 Å². The van der Waals surface area contributed by atoms with Gasteiger partial charge in [-0.3, -0.25) is 4.79 Å². The minimum Gasteiger partial charge on any atom is -0.468 e. The van der Waals surface area contributed by atoms with Gasteiger partial charge in [-0.25, -0.2) is 0 Å². The van der Waals surface area contributed by atoms with Crippen molar-refractivity contribution in [3.05, 3.63) is 54.0 Å². The van der Waals surface area contributed by atoms with Crippen molar-refractivity contribution in [3.63, 3.8) is 0 Å². The maximum atomic E-state index is 12.4. The topological polar surface area (TPSA) is 33.5 Å². The number of fused-ring (bicyclic) bond motifs is 1. The third-order valence-corrected chi connectivity index (χ3v) is 4.47. The van der Waals surface area contributed by atoms with Crippen LogP contribution in [0.1, 0.15) is 18.2 Å². The van der Waals surface area contributed by atoms with Crippen LogP contribution < -0.4 is 4.90 Å². The number of hydrogen-bond acceptors (Lipinski definition) is 3. The minimum absolute atomic E-state index is 0.180. The van der Waals surface area contributed by atoms with Gasteiger partial charge in [-0.05, 0) is 37.1 Å². The van der Waals surface area contributed by atoms with Crippen LogP contribution in [0.4, 0.5) is 5.69 Å². The predicted molar refractivity (Wildman–Crippen MR) is 82.0 cm³/mol. The number of furan rings is 1. The SMILES string of the molecule is CC1Cc2ccccc2N1C(=O)CSCc1ccco1. The zero-order chi connectivity index (χ0) is 13.9. The number of carbonyl (C=O) groups excluding carboxylic acids is 1. The molecule has 4 heteroatoms. The summed E-state index contributed by atoms with van der Waals surface area (Å²) in [4.78, 5) is 14.4. The van der Waals surface area contributed by atoms with Gasteiger partial charge in [0.15, 0.2) is 0 Å².